The Balaban J connectivity index is 3.35. The van der Waals surface area contributed by atoms with Crippen LogP contribution in [0.15, 0.2) is 17.0 Å². The van der Waals surface area contributed by atoms with E-state index in [1.165, 1.54) is 23.9 Å². The van der Waals surface area contributed by atoms with Crippen LogP contribution in [0, 0.1) is 0 Å². The highest BCUT2D eigenvalue weighted by Crippen LogP contribution is 2.32. The average Bonchev–Trinajstić information content (AvgIpc) is 2.08. The van der Waals surface area contributed by atoms with E-state index in [0.717, 1.165) is 0 Å². The highest BCUT2D eigenvalue weighted by molar-refractivity contribution is 7.98. The van der Waals surface area contributed by atoms with Crippen molar-refractivity contribution >= 4 is 23.4 Å². The molecule has 0 aromatic heterocycles. The number of aromatic carboxylic acids is 1. The Morgan fingerprint density at radius 3 is 2.62 bits per heavy atom. The third-order valence-electron chi connectivity index (χ3n) is 1.55. The molecule has 0 aliphatic rings. The fraction of sp³-hybridized carbons (Fsp3) is 0.125. The van der Waals surface area contributed by atoms with Crippen molar-refractivity contribution in [1.29, 1.82) is 0 Å². The zero-order chi connectivity index (χ0) is 10.0. The van der Waals surface area contributed by atoms with Crippen LogP contribution in [0.3, 0.4) is 0 Å². The van der Waals surface area contributed by atoms with Crippen molar-refractivity contribution in [3.63, 3.8) is 0 Å². The van der Waals surface area contributed by atoms with Crippen molar-refractivity contribution in [1.82, 2.24) is 0 Å². The largest absolute Gasteiger partial charge is 0.506 e. The first-order valence-electron chi connectivity index (χ1n) is 3.46. The highest BCUT2D eigenvalue weighted by atomic mass is 32.2. The molecule has 0 amide bonds. The quantitative estimate of drug-likeness (QED) is 0.381. The molecule has 0 spiro atoms. The first kappa shape index (κ1) is 9.73. The molecule has 0 fully saturated rings. The minimum absolute atomic E-state index is 0.163. The van der Waals surface area contributed by atoms with E-state index < -0.39 is 5.97 Å². The third-order valence-corrected chi connectivity index (χ3v) is 2.30. The van der Waals surface area contributed by atoms with Crippen LogP contribution >= 0.6 is 11.8 Å². The molecule has 70 valence electrons. The normalized spacial score (nSPS) is 9.92. The summed E-state index contributed by atoms with van der Waals surface area (Å²) in [6.07, 6.45) is 1.74. The maximum Gasteiger partial charge on any atom is 0.339 e. The van der Waals surface area contributed by atoms with Crippen molar-refractivity contribution in [2.24, 2.45) is 0 Å². The molecule has 0 aliphatic heterocycles. The van der Waals surface area contributed by atoms with Gasteiger partial charge in [-0.25, -0.2) is 4.79 Å². The van der Waals surface area contributed by atoms with Gasteiger partial charge in [0.05, 0.1) is 4.90 Å². The van der Waals surface area contributed by atoms with Crippen molar-refractivity contribution in [2.75, 3.05) is 12.0 Å². The molecule has 0 aliphatic carbocycles. The number of hydrogen-bond donors (Lipinski definition) is 3. The molecule has 4 N–H and O–H groups in total. The molecule has 0 radical (unpaired) electrons. The van der Waals surface area contributed by atoms with E-state index in [2.05, 4.69) is 0 Å². The summed E-state index contributed by atoms with van der Waals surface area (Å²) in [5.74, 6) is -1.41. The minimum atomic E-state index is -1.18. The number of rotatable bonds is 2. The first-order valence-corrected chi connectivity index (χ1v) is 4.68. The monoisotopic (exact) mass is 199 g/mol. The van der Waals surface area contributed by atoms with Crippen LogP contribution in [0.25, 0.3) is 0 Å². The topological polar surface area (TPSA) is 83.6 Å². The summed E-state index contributed by atoms with van der Waals surface area (Å²) in [6.45, 7) is 0. The van der Waals surface area contributed by atoms with E-state index in [9.17, 15) is 9.90 Å². The van der Waals surface area contributed by atoms with E-state index in [4.69, 9.17) is 10.8 Å². The Kier molecular flexibility index (Phi) is 2.67. The number of thioether (sulfide) groups is 1. The number of aromatic hydroxyl groups is 1. The van der Waals surface area contributed by atoms with Gasteiger partial charge in [0.1, 0.15) is 11.3 Å². The van der Waals surface area contributed by atoms with Gasteiger partial charge in [0.25, 0.3) is 0 Å². The molecule has 0 saturated heterocycles. The van der Waals surface area contributed by atoms with E-state index in [-0.39, 0.29) is 11.3 Å². The lowest BCUT2D eigenvalue weighted by atomic mass is 10.2. The molecule has 1 aromatic rings. The highest BCUT2D eigenvalue weighted by Gasteiger charge is 2.13. The molecule has 0 saturated carbocycles. The van der Waals surface area contributed by atoms with Crippen LogP contribution in [-0.2, 0) is 0 Å². The van der Waals surface area contributed by atoms with E-state index >= 15 is 0 Å². The van der Waals surface area contributed by atoms with Crippen molar-refractivity contribution in [3.05, 3.63) is 17.7 Å². The number of hydrogen-bond acceptors (Lipinski definition) is 4. The van der Waals surface area contributed by atoms with Gasteiger partial charge in [-0.3, -0.25) is 0 Å². The van der Waals surface area contributed by atoms with Crippen LogP contribution in [0.1, 0.15) is 10.4 Å². The van der Waals surface area contributed by atoms with Gasteiger partial charge in [-0.2, -0.15) is 0 Å². The zero-order valence-corrected chi connectivity index (χ0v) is 7.76. The van der Waals surface area contributed by atoms with Crippen molar-refractivity contribution in [3.8, 4) is 5.75 Å². The maximum atomic E-state index is 10.6. The second kappa shape index (κ2) is 3.57. The lowest BCUT2D eigenvalue weighted by molar-refractivity contribution is 0.0693. The van der Waals surface area contributed by atoms with E-state index in [1.807, 2.05) is 0 Å². The number of carboxylic acids is 1. The van der Waals surface area contributed by atoms with Gasteiger partial charge in [0, 0.05) is 5.69 Å². The predicted octanol–water partition coefficient (Wildman–Crippen LogP) is 1.39. The van der Waals surface area contributed by atoms with Crippen molar-refractivity contribution in [2.45, 2.75) is 4.90 Å². The maximum absolute atomic E-state index is 10.6. The Morgan fingerprint density at radius 1 is 1.54 bits per heavy atom. The van der Waals surface area contributed by atoms with Gasteiger partial charge in [-0.1, -0.05) is 0 Å². The Labute approximate surface area is 79.4 Å². The number of carbonyl (C=O) groups is 1. The summed E-state index contributed by atoms with van der Waals surface area (Å²) >= 11 is 1.25. The predicted molar refractivity (Wildman–Crippen MR) is 51.3 cm³/mol. The number of nitrogen functional groups attached to an aromatic ring is 1. The second-order valence-corrected chi connectivity index (χ2v) is 3.27. The smallest absolute Gasteiger partial charge is 0.339 e. The van der Waals surface area contributed by atoms with Gasteiger partial charge in [-0.05, 0) is 18.4 Å². The lowest BCUT2D eigenvalue weighted by Gasteiger charge is -2.05. The SMILES string of the molecule is CSc1cc(N)cc(C(=O)O)c1O. The molecule has 0 heterocycles. The molecule has 13 heavy (non-hydrogen) atoms. The van der Waals surface area contributed by atoms with Crippen LogP contribution in [0.2, 0.25) is 0 Å². The number of nitrogens with two attached hydrogens (primary N) is 1. The fourth-order valence-electron chi connectivity index (χ4n) is 0.948. The number of carboxylic acid groups (broad SMARTS) is 1. The van der Waals surface area contributed by atoms with Gasteiger partial charge in [-0.15, -0.1) is 11.8 Å². The van der Waals surface area contributed by atoms with E-state index in [0.29, 0.717) is 10.6 Å². The van der Waals surface area contributed by atoms with E-state index in [1.54, 1.807) is 6.26 Å². The van der Waals surface area contributed by atoms with Crippen LogP contribution in [-0.4, -0.2) is 22.4 Å². The van der Waals surface area contributed by atoms with Crippen LogP contribution in [0.5, 0.6) is 5.75 Å². The molecular formula is C8H9NO3S. The van der Waals surface area contributed by atoms with Gasteiger partial charge in [0.15, 0.2) is 0 Å². The molecular weight excluding hydrogens is 190 g/mol. The summed E-state index contributed by atoms with van der Waals surface area (Å²) in [4.78, 5) is 11.1. The molecule has 4 nitrogen and oxygen atoms in total. The average molecular weight is 199 g/mol. The fourth-order valence-corrected chi connectivity index (χ4v) is 1.51. The van der Waals surface area contributed by atoms with Crippen LogP contribution < -0.4 is 5.73 Å². The third kappa shape index (κ3) is 1.86. The standard InChI is InChI=1S/C8H9NO3S/c1-13-6-3-4(9)2-5(7(6)10)8(11)12/h2-3,10H,9H2,1H3,(H,11,12). The number of anilines is 1. The van der Waals surface area contributed by atoms with Crippen molar-refractivity contribution < 1.29 is 15.0 Å². The minimum Gasteiger partial charge on any atom is -0.506 e. The van der Waals surface area contributed by atoms with Gasteiger partial charge in [0.2, 0.25) is 0 Å². The number of benzene rings is 1. The molecule has 0 atom stereocenters. The number of phenols is 1. The molecule has 1 rings (SSSR count). The summed E-state index contributed by atoms with van der Waals surface area (Å²) < 4.78 is 0. The summed E-state index contributed by atoms with van der Waals surface area (Å²) in [5, 5.41) is 18.1. The molecule has 0 unspecified atom stereocenters. The second-order valence-electron chi connectivity index (χ2n) is 2.42. The zero-order valence-electron chi connectivity index (χ0n) is 6.94. The summed E-state index contributed by atoms with van der Waals surface area (Å²) in [7, 11) is 0. The Hall–Kier alpha value is -1.36. The molecule has 1 aromatic carbocycles. The molecule has 5 heteroatoms. The Bertz CT molecular complexity index is 351. The van der Waals surface area contributed by atoms with Crippen LogP contribution in [0.4, 0.5) is 5.69 Å². The first-order chi connectivity index (χ1) is 6.06. The summed E-state index contributed by atoms with van der Waals surface area (Å²) in [5.41, 5.74) is 5.62. The molecule has 0 bridgehead atoms. The summed E-state index contributed by atoms with van der Waals surface area (Å²) in [6, 6.07) is 2.77. The van der Waals surface area contributed by atoms with Gasteiger partial charge >= 0.3 is 5.97 Å². The Morgan fingerprint density at radius 2 is 2.15 bits per heavy atom. The van der Waals surface area contributed by atoms with Gasteiger partial charge < -0.3 is 15.9 Å². The lowest BCUT2D eigenvalue weighted by Crippen LogP contribution is -1.99.